The molecule has 0 saturated carbocycles. The van der Waals surface area contributed by atoms with E-state index in [0.29, 0.717) is 5.56 Å². The summed E-state index contributed by atoms with van der Waals surface area (Å²) in [4.78, 5) is 7.90. The Balaban J connectivity index is 2.01. The fourth-order valence-corrected chi connectivity index (χ4v) is 1.83. The van der Waals surface area contributed by atoms with Crippen molar-refractivity contribution >= 4 is 28.9 Å². The van der Waals surface area contributed by atoms with Crippen LogP contribution in [0.15, 0.2) is 41.4 Å². The van der Waals surface area contributed by atoms with E-state index in [2.05, 4.69) is 20.2 Å². The van der Waals surface area contributed by atoms with Gasteiger partial charge >= 0.3 is 0 Å². The zero-order chi connectivity index (χ0) is 13.2. The molecule has 1 aromatic heterocycles. The summed E-state index contributed by atoms with van der Waals surface area (Å²) in [6.07, 6.45) is 1.50. The van der Waals surface area contributed by atoms with E-state index in [1.165, 1.54) is 6.21 Å². The Labute approximate surface area is 108 Å². The van der Waals surface area contributed by atoms with Gasteiger partial charge in [-0.15, -0.1) is 5.10 Å². The Morgan fingerprint density at radius 1 is 1.21 bits per heavy atom. The van der Waals surface area contributed by atoms with Gasteiger partial charge in [0.2, 0.25) is 5.95 Å². The van der Waals surface area contributed by atoms with Gasteiger partial charge in [-0.25, -0.2) is 10.1 Å². The van der Waals surface area contributed by atoms with Gasteiger partial charge in [-0.1, -0.05) is 30.3 Å². The van der Waals surface area contributed by atoms with Gasteiger partial charge in [0, 0.05) is 17.2 Å². The van der Waals surface area contributed by atoms with Crippen LogP contribution in [0.5, 0.6) is 5.75 Å². The molecular weight excluding hydrogens is 242 g/mol. The molecule has 0 spiro atoms. The average Bonchev–Trinajstić information content (AvgIpc) is 2.84. The Kier molecular flexibility index (Phi) is 2.60. The molecule has 3 rings (SSSR count). The molecule has 94 valence electrons. The maximum absolute atomic E-state index is 10.2. The van der Waals surface area contributed by atoms with Crippen molar-refractivity contribution in [3.05, 3.63) is 42.0 Å². The van der Waals surface area contributed by atoms with Gasteiger partial charge in [-0.3, -0.25) is 0 Å². The van der Waals surface area contributed by atoms with Gasteiger partial charge in [0.15, 0.2) is 0 Å². The number of hydrogen-bond acceptors (Lipinski definition) is 5. The fourth-order valence-electron chi connectivity index (χ4n) is 1.83. The van der Waals surface area contributed by atoms with Gasteiger partial charge < -0.3 is 10.8 Å². The molecule has 1 heterocycles. The van der Waals surface area contributed by atoms with Crippen molar-refractivity contribution in [1.82, 2.24) is 15.2 Å². The molecule has 6 nitrogen and oxygen atoms in total. The van der Waals surface area contributed by atoms with Crippen LogP contribution in [-0.4, -0.2) is 26.5 Å². The highest BCUT2D eigenvalue weighted by atomic mass is 16.3. The molecule has 0 atom stereocenters. The van der Waals surface area contributed by atoms with E-state index in [4.69, 9.17) is 5.73 Å². The largest absolute Gasteiger partial charge is 0.507 e. The van der Waals surface area contributed by atoms with Crippen LogP contribution < -0.4 is 5.73 Å². The van der Waals surface area contributed by atoms with Crippen molar-refractivity contribution in [2.24, 2.45) is 4.99 Å². The normalized spacial score (nSPS) is 11.4. The summed E-state index contributed by atoms with van der Waals surface area (Å²) in [6, 6.07) is 11.3. The predicted octanol–water partition coefficient (Wildman–Crippen LogP) is 2.00. The fraction of sp³-hybridized carbons (Fsp3) is 0. The molecule has 19 heavy (non-hydrogen) atoms. The van der Waals surface area contributed by atoms with Crippen molar-refractivity contribution in [2.45, 2.75) is 0 Å². The molecule has 0 radical (unpaired) electrons. The Morgan fingerprint density at radius 2 is 2.05 bits per heavy atom. The number of fused-ring (bicyclic) bond motifs is 1. The topological polar surface area (TPSA) is 100 Å². The summed E-state index contributed by atoms with van der Waals surface area (Å²) >= 11 is 0. The number of anilines is 1. The summed E-state index contributed by atoms with van der Waals surface area (Å²) in [7, 11) is 0. The molecule has 0 aliphatic carbocycles. The van der Waals surface area contributed by atoms with Crippen LogP contribution in [0.2, 0.25) is 0 Å². The van der Waals surface area contributed by atoms with Crippen LogP contribution in [-0.2, 0) is 0 Å². The van der Waals surface area contributed by atoms with E-state index in [1.54, 1.807) is 6.07 Å². The molecule has 6 heteroatoms. The van der Waals surface area contributed by atoms with E-state index in [0.717, 1.165) is 10.8 Å². The number of H-pyrrole nitrogens is 1. The first kappa shape index (κ1) is 11.2. The summed E-state index contributed by atoms with van der Waals surface area (Å²) in [5.74, 6) is 0.616. The Bertz CT molecular complexity index is 763. The number of aromatic amines is 1. The van der Waals surface area contributed by atoms with E-state index < -0.39 is 0 Å². The Hall–Kier alpha value is -2.89. The number of aliphatic imine (C=N–C) groups is 1. The van der Waals surface area contributed by atoms with Crippen LogP contribution in [0.4, 0.5) is 11.9 Å². The molecule has 2 aromatic carbocycles. The Morgan fingerprint density at radius 3 is 2.84 bits per heavy atom. The molecule has 0 bridgehead atoms. The number of hydrogen-bond donors (Lipinski definition) is 3. The smallest absolute Gasteiger partial charge is 0.269 e. The zero-order valence-electron chi connectivity index (χ0n) is 9.91. The number of benzene rings is 2. The maximum Gasteiger partial charge on any atom is 0.269 e. The number of nitrogens with two attached hydrogens (primary N) is 1. The minimum absolute atomic E-state index is 0.186. The van der Waals surface area contributed by atoms with E-state index >= 15 is 0 Å². The number of nitrogen functional groups attached to an aromatic ring is 1. The van der Waals surface area contributed by atoms with Crippen LogP contribution in [0, 0.1) is 0 Å². The molecule has 4 N–H and O–H groups in total. The number of rotatable bonds is 2. The van der Waals surface area contributed by atoms with Crippen molar-refractivity contribution in [3.63, 3.8) is 0 Å². The van der Waals surface area contributed by atoms with Crippen LogP contribution in [0.1, 0.15) is 5.56 Å². The maximum atomic E-state index is 10.2. The number of aromatic nitrogens is 3. The van der Waals surface area contributed by atoms with Gasteiger partial charge in [0.25, 0.3) is 5.95 Å². The summed E-state index contributed by atoms with van der Waals surface area (Å²) < 4.78 is 0. The quantitative estimate of drug-likeness (QED) is 0.608. The molecule has 0 fully saturated rings. The van der Waals surface area contributed by atoms with Crippen molar-refractivity contribution in [1.29, 1.82) is 0 Å². The number of nitrogens with zero attached hydrogens (tertiary/aromatic N) is 3. The second-order valence-corrected chi connectivity index (χ2v) is 4.00. The highest BCUT2D eigenvalue weighted by Crippen LogP contribution is 2.27. The lowest BCUT2D eigenvalue weighted by molar-refractivity contribution is 0.481. The minimum atomic E-state index is 0.186. The van der Waals surface area contributed by atoms with Crippen molar-refractivity contribution < 1.29 is 5.11 Å². The molecular formula is C13H11N5O. The van der Waals surface area contributed by atoms with Gasteiger partial charge in [-0.05, 0) is 11.5 Å². The standard InChI is InChI=1S/C13H11N5O/c14-12-16-13(18-17-12)15-7-9-6-5-8-3-1-2-4-10(8)11(9)19/h1-7,19H,(H3,14,16,17,18)/b15-7+. The lowest BCUT2D eigenvalue weighted by Gasteiger charge is -2.03. The van der Waals surface area contributed by atoms with Crippen LogP contribution >= 0.6 is 0 Å². The van der Waals surface area contributed by atoms with Crippen molar-refractivity contribution in [3.8, 4) is 5.75 Å². The van der Waals surface area contributed by atoms with Gasteiger partial charge in [0.1, 0.15) is 5.75 Å². The molecule has 0 saturated heterocycles. The van der Waals surface area contributed by atoms with Crippen molar-refractivity contribution in [2.75, 3.05) is 5.73 Å². The molecule has 0 aliphatic rings. The van der Waals surface area contributed by atoms with E-state index in [-0.39, 0.29) is 17.6 Å². The monoisotopic (exact) mass is 253 g/mol. The van der Waals surface area contributed by atoms with Gasteiger partial charge in [-0.2, -0.15) is 4.98 Å². The lowest BCUT2D eigenvalue weighted by Crippen LogP contribution is -1.85. The third kappa shape index (κ3) is 2.11. The van der Waals surface area contributed by atoms with Crippen LogP contribution in [0.3, 0.4) is 0 Å². The number of aromatic hydroxyl groups is 1. The zero-order valence-corrected chi connectivity index (χ0v) is 9.91. The third-order valence-corrected chi connectivity index (χ3v) is 2.74. The summed E-state index contributed by atoms with van der Waals surface area (Å²) in [5, 5.41) is 18.2. The third-order valence-electron chi connectivity index (χ3n) is 2.74. The van der Waals surface area contributed by atoms with E-state index in [1.807, 2.05) is 30.3 Å². The summed E-state index contributed by atoms with van der Waals surface area (Å²) in [5.41, 5.74) is 6.00. The number of phenolic OH excluding ortho intramolecular Hbond substituents is 1. The minimum Gasteiger partial charge on any atom is -0.507 e. The first-order valence-electron chi connectivity index (χ1n) is 5.67. The number of nitrogens with one attached hydrogen (secondary N) is 1. The highest BCUT2D eigenvalue weighted by Gasteiger charge is 2.04. The van der Waals surface area contributed by atoms with Gasteiger partial charge in [0.05, 0.1) is 0 Å². The average molecular weight is 253 g/mol. The lowest BCUT2D eigenvalue weighted by atomic mass is 10.1. The highest BCUT2D eigenvalue weighted by molar-refractivity contribution is 5.97. The predicted molar refractivity (Wildman–Crippen MR) is 73.7 cm³/mol. The second kappa shape index (κ2) is 4.41. The first-order chi connectivity index (χ1) is 9.24. The molecule has 0 aliphatic heterocycles. The molecule has 0 amide bonds. The summed E-state index contributed by atoms with van der Waals surface area (Å²) in [6.45, 7) is 0. The second-order valence-electron chi connectivity index (χ2n) is 4.00. The molecule has 3 aromatic rings. The first-order valence-corrected chi connectivity index (χ1v) is 5.67. The van der Waals surface area contributed by atoms with Crippen LogP contribution in [0.25, 0.3) is 10.8 Å². The van der Waals surface area contributed by atoms with E-state index in [9.17, 15) is 5.11 Å². The SMILES string of the molecule is Nc1nc(/N=C/c2ccc3ccccc3c2O)n[nH]1. The molecule has 0 unspecified atom stereocenters. The number of phenols is 1.